The number of rotatable bonds is 5. The van der Waals surface area contributed by atoms with E-state index in [0.717, 1.165) is 18.4 Å². The van der Waals surface area contributed by atoms with Gasteiger partial charge in [-0.1, -0.05) is 45.9 Å². The molecule has 1 aromatic carbocycles. The Hall–Kier alpha value is -1.77. The lowest BCUT2D eigenvalue weighted by molar-refractivity contribution is -0.123. The molecule has 0 bridgehead atoms. The third-order valence-corrected chi connectivity index (χ3v) is 3.69. The second kappa shape index (κ2) is 6.33. The van der Waals surface area contributed by atoms with Crippen molar-refractivity contribution in [1.82, 2.24) is 10.3 Å². The van der Waals surface area contributed by atoms with Crippen molar-refractivity contribution in [3.8, 4) is 0 Å². The largest absolute Gasteiger partial charge is 0.361 e. The quantitative estimate of drug-likeness (QED) is 0.856. The maximum absolute atomic E-state index is 12.1. The average molecular weight is 286 g/mol. The van der Waals surface area contributed by atoms with Gasteiger partial charge in [-0.25, -0.2) is 0 Å². The Bertz CT molecular complexity index is 607. The Balaban J connectivity index is 2.04. The summed E-state index contributed by atoms with van der Waals surface area (Å²) in [6.07, 6.45) is 4.44. The maximum Gasteiger partial charge on any atom is 0.220 e. The van der Waals surface area contributed by atoms with Crippen LogP contribution in [-0.2, 0) is 11.2 Å². The van der Waals surface area contributed by atoms with Crippen molar-refractivity contribution >= 4 is 16.8 Å². The number of hydrogen-bond acceptors (Lipinski definition) is 1. The van der Waals surface area contributed by atoms with Gasteiger partial charge in [0.25, 0.3) is 0 Å². The zero-order valence-electron chi connectivity index (χ0n) is 13.5. The van der Waals surface area contributed by atoms with Crippen molar-refractivity contribution in [2.75, 3.05) is 0 Å². The first-order valence-electron chi connectivity index (χ1n) is 7.73. The van der Waals surface area contributed by atoms with Crippen LogP contribution in [0, 0.1) is 5.41 Å². The summed E-state index contributed by atoms with van der Waals surface area (Å²) >= 11 is 0. The van der Waals surface area contributed by atoms with E-state index in [4.69, 9.17) is 0 Å². The number of carbonyl (C=O) groups excluding carboxylic acids is 1. The van der Waals surface area contributed by atoms with E-state index in [9.17, 15) is 4.79 Å². The van der Waals surface area contributed by atoms with E-state index in [0.29, 0.717) is 6.42 Å². The average Bonchev–Trinajstić information content (AvgIpc) is 2.79. The van der Waals surface area contributed by atoms with Crippen LogP contribution in [-0.4, -0.2) is 16.9 Å². The van der Waals surface area contributed by atoms with E-state index in [-0.39, 0.29) is 17.4 Å². The molecule has 0 aliphatic heterocycles. The Labute approximate surface area is 127 Å². The van der Waals surface area contributed by atoms with Gasteiger partial charge in [-0.05, 0) is 29.9 Å². The number of nitrogens with one attached hydrogen (secondary N) is 2. The van der Waals surface area contributed by atoms with Gasteiger partial charge >= 0.3 is 0 Å². The molecule has 0 spiro atoms. The molecule has 0 saturated carbocycles. The van der Waals surface area contributed by atoms with Crippen LogP contribution in [0.5, 0.6) is 0 Å². The molecule has 0 aliphatic carbocycles. The summed E-state index contributed by atoms with van der Waals surface area (Å²) < 4.78 is 0. The van der Waals surface area contributed by atoms with Crippen LogP contribution in [0.4, 0.5) is 0 Å². The zero-order valence-corrected chi connectivity index (χ0v) is 13.5. The minimum Gasteiger partial charge on any atom is -0.361 e. The lowest BCUT2D eigenvalue weighted by atomic mass is 9.91. The smallest absolute Gasteiger partial charge is 0.220 e. The molecule has 0 saturated heterocycles. The normalized spacial score (nSPS) is 13.3. The molecule has 1 atom stereocenters. The summed E-state index contributed by atoms with van der Waals surface area (Å²) in [5, 5.41) is 4.42. The number of carbonyl (C=O) groups is 1. The molecule has 2 rings (SSSR count). The van der Waals surface area contributed by atoms with Crippen LogP contribution < -0.4 is 5.32 Å². The van der Waals surface area contributed by atoms with Gasteiger partial charge in [0.05, 0.1) is 0 Å². The van der Waals surface area contributed by atoms with Gasteiger partial charge in [0.1, 0.15) is 0 Å². The number of hydrogen-bond donors (Lipinski definition) is 2. The van der Waals surface area contributed by atoms with Gasteiger partial charge in [-0.2, -0.15) is 0 Å². The summed E-state index contributed by atoms with van der Waals surface area (Å²) in [5.74, 6) is 0.147. The molecule has 0 aliphatic rings. The van der Waals surface area contributed by atoms with Crippen LogP contribution in [0.25, 0.3) is 10.9 Å². The Kier molecular flexibility index (Phi) is 4.71. The molecule has 114 valence electrons. The molecule has 2 aromatic rings. The molecule has 1 amide bonds. The molecule has 21 heavy (non-hydrogen) atoms. The molecule has 1 unspecified atom stereocenters. The SMILES string of the molecule is CCC(Cc1c[nH]c2ccccc12)NC(=O)CC(C)(C)C. The molecular weight excluding hydrogens is 260 g/mol. The predicted molar refractivity (Wildman–Crippen MR) is 88.3 cm³/mol. The van der Waals surface area contributed by atoms with Crippen LogP contribution in [0.2, 0.25) is 0 Å². The highest BCUT2D eigenvalue weighted by molar-refractivity contribution is 5.83. The van der Waals surface area contributed by atoms with Crippen LogP contribution in [0.1, 0.15) is 46.1 Å². The van der Waals surface area contributed by atoms with Crippen molar-refractivity contribution in [3.63, 3.8) is 0 Å². The Morgan fingerprint density at radius 2 is 2.00 bits per heavy atom. The van der Waals surface area contributed by atoms with Crippen molar-refractivity contribution in [2.45, 2.75) is 53.0 Å². The number of fused-ring (bicyclic) bond motifs is 1. The minimum absolute atomic E-state index is 0.0309. The fourth-order valence-corrected chi connectivity index (χ4v) is 2.62. The minimum atomic E-state index is 0.0309. The standard InChI is InChI=1S/C18H26N2O/c1-5-14(20-17(21)11-18(2,3)4)10-13-12-19-16-9-7-6-8-15(13)16/h6-9,12,14,19H,5,10-11H2,1-4H3,(H,20,21). The summed E-state index contributed by atoms with van der Waals surface area (Å²) in [6, 6.07) is 8.49. The fraction of sp³-hybridized carbons (Fsp3) is 0.500. The summed E-state index contributed by atoms with van der Waals surface area (Å²) in [6.45, 7) is 8.39. The van der Waals surface area contributed by atoms with Crippen LogP contribution in [0.3, 0.4) is 0 Å². The third-order valence-electron chi connectivity index (χ3n) is 3.69. The summed E-state index contributed by atoms with van der Waals surface area (Å²) in [7, 11) is 0. The molecule has 1 aromatic heterocycles. The number of amides is 1. The van der Waals surface area contributed by atoms with Crippen molar-refractivity contribution in [1.29, 1.82) is 0 Å². The van der Waals surface area contributed by atoms with E-state index in [1.165, 1.54) is 10.9 Å². The first-order chi connectivity index (χ1) is 9.89. The molecule has 1 heterocycles. The van der Waals surface area contributed by atoms with Crippen molar-refractivity contribution in [3.05, 3.63) is 36.0 Å². The number of H-pyrrole nitrogens is 1. The summed E-state index contributed by atoms with van der Waals surface area (Å²) in [4.78, 5) is 15.4. The van der Waals surface area contributed by atoms with Gasteiger partial charge in [-0.15, -0.1) is 0 Å². The number of aromatic nitrogens is 1. The monoisotopic (exact) mass is 286 g/mol. The highest BCUT2D eigenvalue weighted by Gasteiger charge is 2.19. The number of para-hydroxylation sites is 1. The maximum atomic E-state index is 12.1. The molecule has 0 radical (unpaired) electrons. The number of benzene rings is 1. The second-order valence-electron chi connectivity index (χ2n) is 6.97. The molecule has 0 fully saturated rings. The summed E-state index contributed by atoms with van der Waals surface area (Å²) in [5.41, 5.74) is 2.46. The Morgan fingerprint density at radius 3 is 2.67 bits per heavy atom. The van der Waals surface area contributed by atoms with E-state index in [1.54, 1.807) is 0 Å². The highest BCUT2D eigenvalue weighted by atomic mass is 16.1. The van der Waals surface area contributed by atoms with Gasteiger partial charge in [-0.3, -0.25) is 4.79 Å². The zero-order chi connectivity index (χ0) is 15.5. The van der Waals surface area contributed by atoms with Crippen LogP contribution in [0.15, 0.2) is 30.5 Å². The van der Waals surface area contributed by atoms with Crippen molar-refractivity contribution < 1.29 is 4.79 Å². The van der Waals surface area contributed by atoms with Crippen molar-refractivity contribution in [2.24, 2.45) is 5.41 Å². The first-order valence-corrected chi connectivity index (χ1v) is 7.73. The van der Waals surface area contributed by atoms with E-state index >= 15 is 0 Å². The predicted octanol–water partition coefficient (Wildman–Crippen LogP) is 4.04. The molecule has 3 heteroatoms. The highest BCUT2D eigenvalue weighted by Crippen LogP contribution is 2.21. The lowest BCUT2D eigenvalue weighted by Crippen LogP contribution is -2.37. The van der Waals surface area contributed by atoms with Crippen LogP contribution >= 0.6 is 0 Å². The second-order valence-corrected chi connectivity index (χ2v) is 6.97. The molecular formula is C18H26N2O. The first kappa shape index (κ1) is 15.6. The number of aromatic amines is 1. The van der Waals surface area contributed by atoms with E-state index in [2.05, 4.69) is 62.4 Å². The van der Waals surface area contributed by atoms with Gasteiger partial charge < -0.3 is 10.3 Å². The topological polar surface area (TPSA) is 44.9 Å². The molecule has 3 nitrogen and oxygen atoms in total. The Morgan fingerprint density at radius 1 is 1.29 bits per heavy atom. The van der Waals surface area contributed by atoms with E-state index in [1.807, 2.05) is 6.07 Å². The lowest BCUT2D eigenvalue weighted by Gasteiger charge is -2.21. The van der Waals surface area contributed by atoms with E-state index < -0.39 is 0 Å². The van der Waals surface area contributed by atoms with Gasteiger partial charge in [0.15, 0.2) is 0 Å². The van der Waals surface area contributed by atoms with Gasteiger partial charge in [0.2, 0.25) is 5.91 Å². The fourth-order valence-electron chi connectivity index (χ4n) is 2.62. The molecule has 2 N–H and O–H groups in total. The third kappa shape index (κ3) is 4.35. The van der Waals surface area contributed by atoms with Gasteiger partial charge in [0, 0.05) is 29.6 Å².